The third kappa shape index (κ3) is 3.96. The molecule has 1 aliphatic heterocycles. The summed E-state index contributed by atoms with van der Waals surface area (Å²) in [6.45, 7) is 3.91. The second-order valence-corrected chi connectivity index (χ2v) is 9.23. The molecule has 1 aromatic rings. The molecule has 2 N–H and O–H groups in total. The number of aryl methyl sites for hydroxylation is 1. The Morgan fingerprint density at radius 2 is 2.17 bits per heavy atom. The van der Waals surface area contributed by atoms with E-state index in [4.69, 9.17) is 5.11 Å². The Kier molecular flexibility index (Phi) is 6.00. The van der Waals surface area contributed by atoms with Crippen molar-refractivity contribution in [1.29, 1.82) is 0 Å². The second-order valence-electron chi connectivity index (χ2n) is 5.83. The van der Waals surface area contributed by atoms with Crippen LogP contribution in [0.25, 0.3) is 0 Å². The molecule has 134 valence electrons. The first kappa shape index (κ1) is 18.9. The lowest BCUT2D eigenvalue weighted by molar-refractivity contribution is -0.142. The number of amides is 1. The molecular weight excluding hydrogens is 352 g/mol. The number of nitrogens with one attached hydrogen (secondary N) is 1. The van der Waals surface area contributed by atoms with E-state index in [1.165, 1.54) is 15.6 Å². The van der Waals surface area contributed by atoms with Crippen LogP contribution in [0.4, 0.5) is 0 Å². The van der Waals surface area contributed by atoms with Crippen LogP contribution in [0.5, 0.6) is 0 Å². The number of thiophene rings is 1. The van der Waals surface area contributed by atoms with Gasteiger partial charge in [-0.25, -0.2) is 13.2 Å². The Bertz CT molecular complexity index is 713. The van der Waals surface area contributed by atoms with Crippen LogP contribution in [0.3, 0.4) is 0 Å². The number of sulfonamides is 1. The SMILES string of the molecule is CCCC(NC(=O)C1CCCN1S(=O)(=O)c1ccc(C)s1)C(=O)O. The van der Waals surface area contributed by atoms with E-state index >= 15 is 0 Å². The second kappa shape index (κ2) is 7.62. The summed E-state index contributed by atoms with van der Waals surface area (Å²) in [5.41, 5.74) is 0. The van der Waals surface area contributed by atoms with Gasteiger partial charge < -0.3 is 10.4 Å². The Morgan fingerprint density at radius 1 is 1.46 bits per heavy atom. The van der Waals surface area contributed by atoms with E-state index in [0.29, 0.717) is 25.7 Å². The van der Waals surface area contributed by atoms with Crippen LogP contribution in [0.2, 0.25) is 0 Å². The topological polar surface area (TPSA) is 104 Å². The molecule has 1 amide bonds. The molecule has 1 aromatic heterocycles. The van der Waals surface area contributed by atoms with Crippen LogP contribution < -0.4 is 5.32 Å². The van der Waals surface area contributed by atoms with E-state index in [0.717, 1.165) is 4.88 Å². The minimum Gasteiger partial charge on any atom is -0.480 e. The summed E-state index contributed by atoms with van der Waals surface area (Å²) >= 11 is 1.17. The molecule has 2 unspecified atom stereocenters. The first-order valence-electron chi connectivity index (χ1n) is 7.88. The monoisotopic (exact) mass is 374 g/mol. The molecule has 1 aliphatic rings. The molecule has 7 nitrogen and oxygen atoms in total. The zero-order valence-corrected chi connectivity index (χ0v) is 15.3. The first-order valence-corrected chi connectivity index (χ1v) is 10.1. The van der Waals surface area contributed by atoms with Crippen molar-refractivity contribution in [1.82, 2.24) is 9.62 Å². The lowest BCUT2D eigenvalue weighted by Gasteiger charge is -2.24. The fourth-order valence-electron chi connectivity index (χ4n) is 2.77. The summed E-state index contributed by atoms with van der Waals surface area (Å²) in [7, 11) is -3.74. The number of aliphatic carboxylic acids is 1. The van der Waals surface area contributed by atoms with Crippen molar-refractivity contribution in [2.75, 3.05) is 6.54 Å². The Hall–Kier alpha value is -1.45. The molecule has 0 radical (unpaired) electrons. The molecule has 9 heteroatoms. The fraction of sp³-hybridized carbons (Fsp3) is 0.600. The zero-order chi connectivity index (χ0) is 17.9. The van der Waals surface area contributed by atoms with Crippen LogP contribution in [-0.4, -0.2) is 48.3 Å². The van der Waals surface area contributed by atoms with Gasteiger partial charge >= 0.3 is 5.97 Å². The van der Waals surface area contributed by atoms with E-state index in [9.17, 15) is 18.0 Å². The minimum atomic E-state index is -3.74. The summed E-state index contributed by atoms with van der Waals surface area (Å²) < 4.78 is 26.9. The summed E-state index contributed by atoms with van der Waals surface area (Å²) in [5, 5.41) is 11.6. The molecule has 2 atom stereocenters. The van der Waals surface area contributed by atoms with Gasteiger partial charge in [0.05, 0.1) is 0 Å². The Morgan fingerprint density at radius 3 is 2.71 bits per heavy atom. The van der Waals surface area contributed by atoms with Crippen molar-refractivity contribution < 1.29 is 23.1 Å². The zero-order valence-electron chi connectivity index (χ0n) is 13.7. The summed E-state index contributed by atoms with van der Waals surface area (Å²) in [4.78, 5) is 24.5. The minimum absolute atomic E-state index is 0.211. The molecule has 2 heterocycles. The van der Waals surface area contributed by atoms with Gasteiger partial charge in [0.15, 0.2) is 0 Å². The number of carboxylic acids is 1. The molecular formula is C15H22N2O5S2. The number of carboxylic acid groups (broad SMARTS) is 1. The molecule has 2 rings (SSSR count). The van der Waals surface area contributed by atoms with Crippen molar-refractivity contribution in [2.24, 2.45) is 0 Å². The van der Waals surface area contributed by atoms with Gasteiger partial charge in [0.2, 0.25) is 5.91 Å². The van der Waals surface area contributed by atoms with Gasteiger partial charge in [0, 0.05) is 11.4 Å². The molecule has 24 heavy (non-hydrogen) atoms. The van der Waals surface area contributed by atoms with E-state index < -0.39 is 34.0 Å². The van der Waals surface area contributed by atoms with Crippen LogP contribution in [0.15, 0.2) is 16.3 Å². The van der Waals surface area contributed by atoms with Crippen LogP contribution in [0, 0.1) is 6.92 Å². The highest BCUT2D eigenvalue weighted by Gasteiger charge is 2.40. The fourth-order valence-corrected chi connectivity index (χ4v) is 5.84. The van der Waals surface area contributed by atoms with Crippen molar-refractivity contribution in [3.05, 3.63) is 17.0 Å². The van der Waals surface area contributed by atoms with Crippen LogP contribution in [-0.2, 0) is 19.6 Å². The quantitative estimate of drug-likeness (QED) is 0.754. The molecule has 0 aromatic carbocycles. The van der Waals surface area contributed by atoms with Crippen molar-refractivity contribution in [3.63, 3.8) is 0 Å². The number of hydrogen-bond donors (Lipinski definition) is 2. The van der Waals surface area contributed by atoms with E-state index in [1.54, 1.807) is 12.1 Å². The van der Waals surface area contributed by atoms with E-state index in [-0.39, 0.29) is 10.8 Å². The smallest absolute Gasteiger partial charge is 0.326 e. The third-order valence-electron chi connectivity index (χ3n) is 3.98. The van der Waals surface area contributed by atoms with Gasteiger partial charge in [0.1, 0.15) is 16.3 Å². The van der Waals surface area contributed by atoms with Crippen LogP contribution in [0.1, 0.15) is 37.5 Å². The van der Waals surface area contributed by atoms with E-state index in [1.807, 2.05) is 13.8 Å². The lowest BCUT2D eigenvalue weighted by Crippen LogP contribution is -2.50. The molecule has 1 saturated heterocycles. The molecule has 0 spiro atoms. The maximum Gasteiger partial charge on any atom is 0.326 e. The molecule has 0 bridgehead atoms. The third-order valence-corrected chi connectivity index (χ3v) is 7.35. The number of carbonyl (C=O) groups excluding carboxylic acids is 1. The van der Waals surface area contributed by atoms with Gasteiger partial charge in [-0.05, 0) is 38.3 Å². The number of carbonyl (C=O) groups is 2. The largest absolute Gasteiger partial charge is 0.480 e. The normalized spacial score (nSPS) is 20.0. The maximum absolute atomic E-state index is 12.7. The van der Waals surface area contributed by atoms with Gasteiger partial charge in [-0.1, -0.05) is 13.3 Å². The summed E-state index contributed by atoms with van der Waals surface area (Å²) in [6.07, 6.45) is 1.89. The van der Waals surface area contributed by atoms with Gasteiger partial charge in [-0.2, -0.15) is 4.31 Å². The Labute approximate surface area is 145 Å². The highest BCUT2D eigenvalue weighted by Crippen LogP contribution is 2.30. The predicted octanol–water partition coefficient (Wildman–Crippen LogP) is 1.58. The molecule has 0 aliphatic carbocycles. The Balaban J connectivity index is 2.18. The first-order chi connectivity index (χ1) is 11.3. The highest BCUT2D eigenvalue weighted by molar-refractivity contribution is 7.91. The maximum atomic E-state index is 12.7. The number of rotatable bonds is 7. The van der Waals surface area contributed by atoms with E-state index in [2.05, 4.69) is 5.32 Å². The number of nitrogens with zero attached hydrogens (tertiary/aromatic N) is 1. The van der Waals surface area contributed by atoms with Crippen LogP contribution >= 0.6 is 11.3 Å². The van der Waals surface area contributed by atoms with Gasteiger partial charge in [-0.3, -0.25) is 4.79 Å². The standard InChI is InChI=1S/C15H22N2O5S2/c1-3-5-11(15(19)20)16-14(18)12-6-4-9-17(12)24(21,22)13-8-7-10(2)23-13/h7-8,11-12H,3-6,9H2,1-2H3,(H,16,18)(H,19,20). The lowest BCUT2D eigenvalue weighted by atomic mass is 10.1. The van der Waals surface area contributed by atoms with Crippen molar-refractivity contribution in [3.8, 4) is 0 Å². The average Bonchev–Trinajstić information content (AvgIpc) is 3.15. The van der Waals surface area contributed by atoms with Crippen molar-refractivity contribution >= 4 is 33.2 Å². The summed E-state index contributed by atoms with van der Waals surface area (Å²) in [5.74, 6) is -1.64. The van der Waals surface area contributed by atoms with Gasteiger partial charge in [0.25, 0.3) is 10.0 Å². The summed E-state index contributed by atoms with van der Waals surface area (Å²) in [6, 6.07) is 1.43. The highest BCUT2D eigenvalue weighted by atomic mass is 32.2. The average molecular weight is 374 g/mol. The molecule has 0 saturated carbocycles. The molecule has 1 fully saturated rings. The predicted molar refractivity (Wildman–Crippen MR) is 90.4 cm³/mol. The van der Waals surface area contributed by atoms with Gasteiger partial charge in [-0.15, -0.1) is 11.3 Å². The van der Waals surface area contributed by atoms with Crippen molar-refractivity contribution in [2.45, 2.75) is 55.8 Å². The number of hydrogen-bond acceptors (Lipinski definition) is 5.